The van der Waals surface area contributed by atoms with Gasteiger partial charge in [0.25, 0.3) is 5.56 Å². The van der Waals surface area contributed by atoms with Crippen LogP contribution >= 0.6 is 11.3 Å². The molecule has 0 radical (unpaired) electrons. The van der Waals surface area contributed by atoms with Crippen molar-refractivity contribution < 1.29 is 4.39 Å². The third kappa shape index (κ3) is 2.78. The van der Waals surface area contributed by atoms with Gasteiger partial charge in [0.2, 0.25) is 0 Å². The molecule has 1 aromatic carbocycles. The average molecular weight is 437 g/mol. The lowest BCUT2D eigenvalue weighted by Gasteiger charge is -2.22. The molecule has 5 rings (SSSR count). The van der Waals surface area contributed by atoms with Crippen LogP contribution < -0.4 is 11.2 Å². The molecule has 6 nitrogen and oxygen atoms in total. The molecule has 0 saturated heterocycles. The Labute approximate surface area is 181 Å². The van der Waals surface area contributed by atoms with Crippen LogP contribution in [0.3, 0.4) is 0 Å². The summed E-state index contributed by atoms with van der Waals surface area (Å²) in [6.45, 7) is 4.64. The normalized spacial score (nSPS) is 13.8. The zero-order valence-corrected chi connectivity index (χ0v) is 18.5. The van der Waals surface area contributed by atoms with Crippen LogP contribution in [0.5, 0.6) is 0 Å². The molecule has 0 unspecified atom stereocenters. The van der Waals surface area contributed by atoms with Gasteiger partial charge in [0.1, 0.15) is 10.8 Å². The molecule has 3 aromatic heterocycles. The lowest BCUT2D eigenvalue weighted by atomic mass is 10.00. The first-order valence-corrected chi connectivity index (χ1v) is 10.9. The average Bonchev–Trinajstić information content (AvgIpc) is 3.32. The van der Waals surface area contributed by atoms with Crippen molar-refractivity contribution in [2.45, 2.75) is 26.8 Å². The molecule has 0 aliphatic carbocycles. The highest BCUT2D eigenvalue weighted by atomic mass is 32.1. The molecule has 0 bridgehead atoms. The van der Waals surface area contributed by atoms with Crippen LogP contribution in [0.15, 0.2) is 44.8 Å². The van der Waals surface area contributed by atoms with Crippen LogP contribution in [0.2, 0.25) is 0 Å². The molecular formula is C23H21FN4O2S. The zero-order valence-electron chi connectivity index (χ0n) is 17.7. The Hall–Kier alpha value is -3.26. The largest absolute Gasteiger partial charge is 0.338 e. The minimum atomic E-state index is -0.394. The van der Waals surface area contributed by atoms with Crippen molar-refractivity contribution in [1.82, 2.24) is 18.7 Å². The summed E-state index contributed by atoms with van der Waals surface area (Å²) in [5, 5.41) is 3.27. The van der Waals surface area contributed by atoms with Crippen LogP contribution in [0.4, 0.5) is 4.39 Å². The molecule has 0 amide bonds. The highest BCUT2D eigenvalue weighted by molar-refractivity contribution is 7.10. The highest BCUT2D eigenvalue weighted by Gasteiger charge is 2.31. The van der Waals surface area contributed by atoms with Crippen molar-refractivity contribution >= 4 is 27.8 Å². The zero-order chi connectivity index (χ0) is 22.0. The number of aryl methyl sites for hydroxylation is 2. The first-order valence-electron chi connectivity index (χ1n) is 10.0. The molecule has 0 N–H and O–H groups in total. The van der Waals surface area contributed by atoms with Gasteiger partial charge in [0.15, 0.2) is 0 Å². The number of benzene rings is 1. The Morgan fingerprint density at radius 3 is 2.55 bits per heavy atom. The summed E-state index contributed by atoms with van der Waals surface area (Å²) >= 11 is 1.54. The van der Waals surface area contributed by atoms with E-state index in [2.05, 4.69) is 11.5 Å². The van der Waals surface area contributed by atoms with Crippen LogP contribution in [0.1, 0.15) is 29.7 Å². The van der Waals surface area contributed by atoms with E-state index < -0.39 is 5.69 Å². The second-order valence-corrected chi connectivity index (χ2v) is 8.85. The number of hydrogen-bond acceptors (Lipinski definition) is 4. The maximum absolute atomic E-state index is 14.2. The second-order valence-electron chi connectivity index (χ2n) is 7.99. The quantitative estimate of drug-likeness (QED) is 0.480. The van der Waals surface area contributed by atoms with Gasteiger partial charge in [-0.3, -0.25) is 13.9 Å². The van der Waals surface area contributed by atoms with Gasteiger partial charge in [-0.05, 0) is 32.4 Å². The summed E-state index contributed by atoms with van der Waals surface area (Å²) in [5.41, 5.74) is 4.85. The molecule has 31 heavy (non-hydrogen) atoms. The number of aromatic nitrogens is 4. The van der Waals surface area contributed by atoms with Crippen molar-refractivity contribution in [3.63, 3.8) is 0 Å². The van der Waals surface area contributed by atoms with E-state index in [0.29, 0.717) is 28.7 Å². The van der Waals surface area contributed by atoms with Crippen LogP contribution in [-0.2, 0) is 20.6 Å². The number of halogens is 1. The Balaban J connectivity index is 2.02. The minimum Gasteiger partial charge on any atom is -0.338 e. The molecular weight excluding hydrogens is 415 g/mol. The van der Waals surface area contributed by atoms with E-state index in [0.717, 1.165) is 38.5 Å². The third-order valence-electron chi connectivity index (χ3n) is 5.97. The fourth-order valence-electron chi connectivity index (χ4n) is 4.48. The highest BCUT2D eigenvalue weighted by Crippen LogP contribution is 2.42. The van der Waals surface area contributed by atoms with Gasteiger partial charge in [-0.25, -0.2) is 14.2 Å². The lowest BCUT2D eigenvalue weighted by molar-refractivity contribution is 0.627. The van der Waals surface area contributed by atoms with Gasteiger partial charge in [0.05, 0.1) is 22.3 Å². The molecule has 0 atom stereocenters. The number of rotatable bonds is 2. The maximum Gasteiger partial charge on any atom is 0.331 e. The predicted molar refractivity (Wildman–Crippen MR) is 121 cm³/mol. The van der Waals surface area contributed by atoms with Crippen molar-refractivity contribution in [2.24, 2.45) is 14.1 Å². The molecule has 1 aliphatic heterocycles. The summed E-state index contributed by atoms with van der Waals surface area (Å²) in [7, 11) is 3.15. The number of allylic oxidation sites excluding steroid dienone is 1. The van der Waals surface area contributed by atoms with Crippen molar-refractivity contribution in [3.8, 4) is 11.3 Å². The molecule has 0 spiro atoms. The summed E-state index contributed by atoms with van der Waals surface area (Å²) < 4.78 is 18.8. The van der Waals surface area contributed by atoms with E-state index in [1.165, 1.54) is 23.7 Å². The Bertz CT molecular complexity index is 1530. The first-order chi connectivity index (χ1) is 14.8. The standard InChI is InChI=1S/C23H21FN4O2S/c1-12-8-9-28-18(14-6-5-7-15(24)10-14)17-19(26(3)23(30)27(4)22(17)29)20(28)16(12)21-25-13(2)11-31-21/h5-7,10-11H,8-9H2,1-4H3. The van der Waals surface area contributed by atoms with E-state index in [1.54, 1.807) is 30.5 Å². The van der Waals surface area contributed by atoms with E-state index in [9.17, 15) is 14.0 Å². The Morgan fingerprint density at radius 2 is 1.87 bits per heavy atom. The molecule has 0 fully saturated rings. The second kappa shape index (κ2) is 6.88. The lowest BCUT2D eigenvalue weighted by Crippen LogP contribution is -2.36. The van der Waals surface area contributed by atoms with Crippen molar-refractivity contribution in [1.29, 1.82) is 0 Å². The first kappa shape index (κ1) is 19.7. The van der Waals surface area contributed by atoms with Crippen LogP contribution in [0.25, 0.3) is 27.7 Å². The van der Waals surface area contributed by atoms with Gasteiger partial charge in [-0.1, -0.05) is 17.7 Å². The molecule has 1 aliphatic rings. The summed E-state index contributed by atoms with van der Waals surface area (Å²) in [4.78, 5) is 30.9. The molecule has 4 heterocycles. The maximum atomic E-state index is 14.2. The fraction of sp³-hybridized carbons (Fsp3) is 0.261. The minimum absolute atomic E-state index is 0.374. The predicted octanol–water partition coefficient (Wildman–Crippen LogP) is 3.84. The summed E-state index contributed by atoms with van der Waals surface area (Å²) in [5.74, 6) is -0.374. The van der Waals surface area contributed by atoms with Crippen LogP contribution in [0, 0.1) is 12.7 Å². The molecule has 0 saturated carbocycles. The van der Waals surface area contributed by atoms with E-state index in [1.807, 2.05) is 12.3 Å². The van der Waals surface area contributed by atoms with Gasteiger partial charge >= 0.3 is 5.69 Å². The Morgan fingerprint density at radius 1 is 1.10 bits per heavy atom. The summed E-state index contributed by atoms with van der Waals surface area (Å²) in [6.07, 6.45) is 0.776. The smallest absolute Gasteiger partial charge is 0.331 e. The van der Waals surface area contributed by atoms with Gasteiger partial charge in [0, 0.05) is 42.9 Å². The number of hydrogen-bond donors (Lipinski definition) is 0. The fourth-order valence-corrected chi connectivity index (χ4v) is 5.40. The Kier molecular flexibility index (Phi) is 4.37. The topological polar surface area (TPSA) is 61.8 Å². The number of fused-ring (bicyclic) bond motifs is 3. The summed E-state index contributed by atoms with van der Waals surface area (Å²) in [6, 6.07) is 6.25. The van der Waals surface area contributed by atoms with Crippen molar-refractivity contribution in [3.05, 3.63) is 78.3 Å². The van der Waals surface area contributed by atoms with Gasteiger partial charge in [-0.15, -0.1) is 11.3 Å². The van der Waals surface area contributed by atoms with Gasteiger partial charge in [-0.2, -0.15) is 0 Å². The molecule has 8 heteroatoms. The molecule has 158 valence electrons. The van der Waals surface area contributed by atoms with Crippen molar-refractivity contribution in [2.75, 3.05) is 0 Å². The van der Waals surface area contributed by atoms with E-state index in [4.69, 9.17) is 4.98 Å². The number of nitrogens with zero attached hydrogens (tertiary/aromatic N) is 4. The third-order valence-corrected chi connectivity index (χ3v) is 6.95. The van der Waals surface area contributed by atoms with Gasteiger partial charge < -0.3 is 4.57 Å². The van der Waals surface area contributed by atoms with Crippen LogP contribution in [-0.4, -0.2) is 18.7 Å². The molecule has 4 aromatic rings. The van der Waals surface area contributed by atoms with E-state index in [-0.39, 0.29) is 11.4 Å². The van der Waals surface area contributed by atoms with E-state index >= 15 is 0 Å². The SMILES string of the molecule is CC1=C(c2nc(C)cs2)c2c3c(c(-c4cccc(F)c4)n2CC1)c(=O)n(C)c(=O)n3C. The number of thiazole rings is 1. The monoisotopic (exact) mass is 436 g/mol.